The molecule has 2 aliphatic rings. The number of nitrogens with one attached hydrogen (secondary N) is 3. The van der Waals surface area contributed by atoms with Gasteiger partial charge in [0.25, 0.3) is 0 Å². The lowest BCUT2D eigenvalue weighted by Gasteiger charge is -2.17. The highest BCUT2D eigenvalue weighted by atomic mass is 35.5. The Morgan fingerprint density at radius 3 is 2.63 bits per heavy atom. The summed E-state index contributed by atoms with van der Waals surface area (Å²) in [5.41, 5.74) is 2.35. The first kappa shape index (κ1) is 22.1. The predicted octanol–water partition coefficient (Wildman–Crippen LogP) is 0.352. The zero-order valence-electron chi connectivity index (χ0n) is 15.2. The summed E-state index contributed by atoms with van der Waals surface area (Å²) < 4.78 is 27.4. The van der Waals surface area contributed by atoms with Crippen molar-refractivity contribution >= 4 is 28.3 Å². The van der Waals surface area contributed by atoms with E-state index in [9.17, 15) is 18.3 Å². The van der Waals surface area contributed by atoms with Crippen LogP contribution in [0.4, 0.5) is 0 Å². The number of amides is 1. The van der Waals surface area contributed by atoms with Crippen LogP contribution in [0.2, 0.25) is 0 Å². The molecular weight excluding hydrogens is 390 g/mol. The molecule has 4 N–H and O–H groups in total. The fourth-order valence-corrected chi connectivity index (χ4v) is 4.60. The highest BCUT2D eigenvalue weighted by Gasteiger charge is 2.25. The highest BCUT2D eigenvalue weighted by Crippen LogP contribution is 2.24. The molecule has 9 heteroatoms. The molecule has 2 atom stereocenters. The molecule has 7 nitrogen and oxygen atoms in total. The summed E-state index contributed by atoms with van der Waals surface area (Å²) in [6.45, 7) is 1.66. The lowest BCUT2D eigenvalue weighted by atomic mass is 9.92. The van der Waals surface area contributed by atoms with E-state index in [4.69, 9.17) is 0 Å². The smallest absolute Gasteiger partial charge is 0.240 e. The van der Waals surface area contributed by atoms with E-state index in [2.05, 4.69) is 15.4 Å². The molecule has 0 bridgehead atoms. The summed E-state index contributed by atoms with van der Waals surface area (Å²) in [4.78, 5) is 12.1. The van der Waals surface area contributed by atoms with Gasteiger partial charge in [-0.3, -0.25) is 4.79 Å². The molecule has 1 aromatic carbocycles. The first-order valence-electron chi connectivity index (χ1n) is 9.22. The van der Waals surface area contributed by atoms with Crippen molar-refractivity contribution in [2.45, 2.75) is 43.1 Å². The van der Waals surface area contributed by atoms with E-state index >= 15 is 0 Å². The van der Waals surface area contributed by atoms with Gasteiger partial charge in [-0.2, -0.15) is 0 Å². The van der Waals surface area contributed by atoms with Crippen molar-refractivity contribution in [3.63, 3.8) is 0 Å². The van der Waals surface area contributed by atoms with Crippen molar-refractivity contribution in [1.82, 2.24) is 15.4 Å². The molecule has 1 heterocycles. The molecule has 152 valence electrons. The van der Waals surface area contributed by atoms with Crippen LogP contribution in [0.1, 0.15) is 30.4 Å². The maximum Gasteiger partial charge on any atom is 0.240 e. The number of carbonyl (C=O) groups excluding carboxylic acids is 1. The van der Waals surface area contributed by atoms with Gasteiger partial charge in [-0.25, -0.2) is 13.1 Å². The van der Waals surface area contributed by atoms with Crippen LogP contribution in [0.25, 0.3) is 0 Å². The van der Waals surface area contributed by atoms with E-state index < -0.39 is 16.1 Å². The second-order valence-corrected chi connectivity index (χ2v) is 8.84. The first-order chi connectivity index (χ1) is 12.5. The third kappa shape index (κ3) is 5.89. The second-order valence-electron chi connectivity index (χ2n) is 7.08. The second kappa shape index (κ2) is 9.84. The van der Waals surface area contributed by atoms with Crippen LogP contribution in [-0.2, 0) is 27.7 Å². The van der Waals surface area contributed by atoms with E-state index in [1.807, 2.05) is 6.07 Å². The molecule has 3 rings (SSSR count). The quantitative estimate of drug-likeness (QED) is 0.512. The van der Waals surface area contributed by atoms with E-state index in [-0.39, 0.29) is 42.1 Å². The third-order valence-corrected chi connectivity index (χ3v) is 6.60. The molecule has 0 aromatic heterocycles. The number of benzene rings is 1. The number of β-amino-alcohol motifs (C(OH)–C–C–N with tert-alkyl or cyclic N) is 1. The van der Waals surface area contributed by atoms with Crippen LogP contribution in [0.3, 0.4) is 0 Å². The minimum absolute atomic E-state index is 0. The maximum absolute atomic E-state index is 12.4. The number of aliphatic hydroxyl groups excluding tert-OH is 1. The summed E-state index contributed by atoms with van der Waals surface area (Å²) in [6.07, 6.45) is 3.80. The Kier molecular flexibility index (Phi) is 8.05. The van der Waals surface area contributed by atoms with Crippen LogP contribution in [0.15, 0.2) is 23.1 Å². The summed E-state index contributed by atoms with van der Waals surface area (Å²) in [6, 6.07) is 5.29. The Labute approximate surface area is 166 Å². The van der Waals surface area contributed by atoms with Crippen LogP contribution in [0, 0.1) is 5.92 Å². The van der Waals surface area contributed by atoms with Gasteiger partial charge >= 0.3 is 0 Å². The third-order valence-electron chi connectivity index (χ3n) is 5.14. The highest BCUT2D eigenvalue weighted by molar-refractivity contribution is 7.89. The minimum atomic E-state index is -3.61. The number of hydrogen-bond acceptors (Lipinski definition) is 5. The van der Waals surface area contributed by atoms with E-state index in [1.54, 1.807) is 12.1 Å². The number of fused-ring (bicyclic) bond motifs is 1. The van der Waals surface area contributed by atoms with Crippen molar-refractivity contribution in [1.29, 1.82) is 0 Å². The molecule has 1 saturated heterocycles. The Morgan fingerprint density at radius 2 is 1.93 bits per heavy atom. The topological polar surface area (TPSA) is 108 Å². The Morgan fingerprint density at radius 1 is 1.19 bits per heavy atom. The van der Waals surface area contributed by atoms with Crippen LogP contribution >= 0.6 is 12.4 Å². The fourth-order valence-electron chi connectivity index (χ4n) is 3.52. The summed E-state index contributed by atoms with van der Waals surface area (Å²) in [7, 11) is -3.61. The summed E-state index contributed by atoms with van der Waals surface area (Å²) >= 11 is 0. The predicted molar refractivity (Wildman–Crippen MR) is 106 cm³/mol. The number of aryl methyl sites for hydroxylation is 2. The molecule has 1 fully saturated rings. The molecule has 1 aliphatic carbocycles. The van der Waals surface area contributed by atoms with Gasteiger partial charge in [0.2, 0.25) is 15.9 Å². The number of hydrogen-bond donors (Lipinski definition) is 4. The molecule has 0 radical (unpaired) electrons. The van der Waals surface area contributed by atoms with Crippen molar-refractivity contribution in [3.05, 3.63) is 29.3 Å². The zero-order chi connectivity index (χ0) is 18.6. The standard InChI is InChI=1S/C18H27N3O4S.ClH/c22-17-12-19-10-15(17)11-20-18(23)7-8-21-26(24,25)16-6-5-13-3-1-2-4-14(13)9-16;/h5-6,9,15,17,19,21-22H,1-4,7-8,10-12H2,(H,20,23);1H. The number of halogens is 1. The molecule has 27 heavy (non-hydrogen) atoms. The van der Waals surface area contributed by atoms with Gasteiger partial charge in [0.05, 0.1) is 11.0 Å². The molecule has 1 aliphatic heterocycles. The summed E-state index contributed by atoms with van der Waals surface area (Å²) in [5.74, 6) is -0.219. The lowest BCUT2D eigenvalue weighted by molar-refractivity contribution is -0.121. The first-order valence-corrected chi connectivity index (χ1v) is 10.7. The summed E-state index contributed by atoms with van der Waals surface area (Å²) in [5, 5.41) is 15.5. The minimum Gasteiger partial charge on any atom is -0.391 e. The molecule has 2 unspecified atom stereocenters. The average Bonchev–Trinajstić information content (AvgIpc) is 3.04. The average molecular weight is 418 g/mol. The lowest BCUT2D eigenvalue weighted by Crippen LogP contribution is -2.36. The zero-order valence-corrected chi connectivity index (χ0v) is 16.9. The van der Waals surface area contributed by atoms with Crippen molar-refractivity contribution in [2.24, 2.45) is 5.92 Å². The van der Waals surface area contributed by atoms with Gasteiger partial charge in [0, 0.05) is 38.5 Å². The monoisotopic (exact) mass is 417 g/mol. The number of aliphatic hydroxyl groups is 1. The SMILES string of the molecule is Cl.O=C(CCNS(=O)(=O)c1ccc2c(c1)CCCC2)NCC1CNCC1O. The van der Waals surface area contributed by atoms with Gasteiger partial charge in [0.1, 0.15) is 0 Å². The molecular formula is C18H28ClN3O4S. The molecule has 0 spiro atoms. The number of sulfonamides is 1. The van der Waals surface area contributed by atoms with E-state index in [0.717, 1.165) is 31.2 Å². The molecule has 1 aromatic rings. The molecule has 1 amide bonds. The van der Waals surface area contributed by atoms with Crippen molar-refractivity contribution in [2.75, 3.05) is 26.2 Å². The Balaban J connectivity index is 0.00000261. The maximum atomic E-state index is 12.4. The van der Waals surface area contributed by atoms with Gasteiger partial charge in [0.15, 0.2) is 0 Å². The molecule has 0 saturated carbocycles. The van der Waals surface area contributed by atoms with Gasteiger partial charge in [-0.15, -0.1) is 12.4 Å². The van der Waals surface area contributed by atoms with Crippen molar-refractivity contribution in [3.8, 4) is 0 Å². The number of rotatable bonds is 7. The largest absolute Gasteiger partial charge is 0.391 e. The van der Waals surface area contributed by atoms with Crippen LogP contribution in [-0.4, -0.2) is 51.7 Å². The Hall–Kier alpha value is -1.19. The van der Waals surface area contributed by atoms with Gasteiger partial charge in [-0.05, 0) is 48.9 Å². The van der Waals surface area contributed by atoms with Crippen molar-refractivity contribution < 1.29 is 18.3 Å². The number of carbonyl (C=O) groups is 1. The fraction of sp³-hybridized carbons (Fsp3) is 0.611. The van der Waals surface area contributed by atoms with Gasteiger partial charge in [-0.1, -0.05) is 6.07 Å². The van der Waals surface area contributed by atoms with E-state index in [1.165, 1.54) is 5.56 Å². The normalized spacial score (nSPS) is 22.0. The Bertz CT molecular complexity index is 757. The van der Waals surface area contributed by atoms with Crippen LogP contribution in [0.5, 0.6) is 0 Å². The van der Waals surface area contributed by atoms with Crippen LogP contribution < -0.4 is 15.4 Å². The van der Waals surface area contributed by atoms with Gasteiger partial charge < -0.3 is 15.7 Å². The van der Waals surface area contributed by atoms with E-state index in [0.29, 0.717) is 19.6 Å².